The van der Waals surface area contributed by atoms with E-state index in [1.165, 1.54) is 5.56 Å². The van der Waals surface area contributed by atoms with Gasteiger partial charge < -0.3 is 4.90 Å². The van der Waals surface area contributed by atoms with Crippen LogP contribution in [-0.2, 0) is 4.79 Å². The van der Waals surface area contributed by atoms with E-state index < -0.39 is 0 Å². The van der Waals surface area contributed by atoms with Gasteiger partial charge >= 0.3 is 0 Å². The molecule has 2 aliphatic rings. The van der Waals surface area contributed by atoms with Gasteiger partial charge in [-0.2, -0.15) is 0 Å². The zero-order valence-electron chi connectivity index (χ0n) is 11.3. The Labute approximate surface area is 115 Å². The molecule has 1 aliphatic heterocycles. The minimum atomic E-state index is 0.305. The first-order valence-corrected chi connectivity index (χ1v) is 7.35. The molecule has 0 aromatic heterocycles. The number of hydrogen-bond acceptors (Lipinski definition) is 1. The Morgan fingerprint density at radius 2 is 2.05 bits per heavy atom. The Kier molecular flexibility index (Phi) is 3.67. The minimum Gasteiger partial charge on any atom is -0.336 e. The molecule has 3 rings (SSSR count). The van der Waals surface area contributed by atoms with Crippen LogP contribution in [0.4, 0.5) is 0 Å². The van der Waals surface area contributed by atoms with Gasteiger partial charge in [-0.15, -0.1) is 0 Å². The fourth-order valence-electron chi connectivity index (χ4n) is 3.29. The summed E-state index contributed by atoms with van der Waals surface area (Å²) >= 11 is 0. The van der Waals surface area contributed by atoms with Crippen LogP contribution in [0.3, 0.4) is 0 Å². The number of nitrogens with zero attached hydrogens (tertiary/aromatic N) is 1. The fourth-order valence-corrected chi connectivity index (χ4v) is 3.29. The average Bonchev–Trinajstić information content (AvgIpc) is 3.10. The minimum absolute atomic E-state index is 0.305. The van der Waals surface area contributed by atoms with E-state index in [1.807, 2.05) is 6.07 Å². The molecule has 0 N–H and O–H groups in total. The molecule has 2 unspecified atom stereocenters. The number of carbonyl (C=O) groups excluding carboxylic acids is 1. The summed E-state index contributed by atoms with van der Waals surface area (Å²) in [6, 6.07) is 10.8. The molecular formula is C17H21NO. The van der Waals surface area contributed by atoms with Gasteiger partial charge in [0.15, 0.2) is 0 Å². The van der Waals surface area contributed by atoms with Crippen LogP contribution >= 0.6 is 0 Å². The summed E-state index contributed by atoms with van der Waals surface area (Å²) in [5.74, 6) is 0.812. The van der Waals surface area contributed by atoms with Crippen LogP contribution in [0, 0.1) is 5.92 Å². The summed E-state index contributed by atoms with van der Waals surface area (Å²) in [5, 5.41) is 0. The Morgan fingerprint density at radius 3 is 2.79 bits per heavy atom. The van der Waals surface area contributed by atoms with Gasteiger partial charge in [-0.05, 0) is 37.2 Å². The van der Waals surface area contributed by atoms with Gasteiger partial charge in [0.25, 0.3) is 0 Å². The summed E-state index contributed by atoms with van der Waals surface area (Å²) in [4.78, 5) is 14.6. The number of carbonyl (C=O) groups is 1. The van der Waals surface area contributed by atoms with Gasteiger partial charge in [-0.25, -0.2) is 0 Å². The highest BCUT2D eigenvalue weighted by Crippen LogP contribution is 2.33. The second-order valence-electron chi connectivity index (χ2n) is 5.63. The number of allylic oxidation sites excluding steroid dienone is 2. The van der Waals surface area contributed by atoms with Crippen molar-refractivity contribution < 1.29 is 4.79 Å². The van der Waals surface area contributed by atoms with E-state index in [0.717, 1.165) is 32.2 Å². The summed E-state index contributed by atoms with van der Waals surface area (Å²) in [6.45, 7) is 0.925. The highest BCUT2D eigenvalue weighted by atomic mass is 16.2. The van der Waals surface area contributed by atoms with Crippen LogP contribution in [0.15, 0.2) is 42.5 Å². The monoisotopic (exact) mass is 255 g/mol. The predicted molar refractivity (Wildman–Crippen MR) is 76.6 cm³/mol. The maximum Gasteiger partial charge on any atom is 0.223 e. The topological polar surface area (TPSA) is 20.3 Å². The van der Waals surface area contributed by atoms with E-state index in [-0.39, 0.29) is 0 Å². The highest BCUT2D eigenvalue weighted by molar-refractivity contribution is 5.77. The summed E-state index contributed by atoms with van der Waals surface area (Å²) in [6.07, 6.45) is 9.64. The summed E-state index contributed by atoms with van der Waals surface area (Å²) in [5.41, 5.74) is 1.29. The maximum absolute atomic E-state index is 12.5. The normalized spacial score (nSPS) is 26.0. The molecule has 19 heavy (non-hydrogen) atoms. The first-order chi connectivity index (χ1) is 9.34. The van der Waals surface area contributed by atoms with E-state index in [0.29, 0.717) is 24.3 Å². The predicted octanol–water partition coefficient (Wildman–Crippen LogP) is 3.71. The molecule has 1 saturated heterocycles. The van der Waals surface area contributed by atoms with Crippen molar-refractivity contribution in [2.75, 3.05) is 6.54 Å². The third-order valence-electron chi connectivity index (χ3n) is 4.31. The van der Waals surface area contributed by atoms with Gasteiger partial charge in [-0.1, -0.05) is 42.5 Å². The molecule has 0 spiro atoms. The molecule has 2 heteroatoms. The molecule has 1 amide bonds. The SMILES string of the molecule is O=C(CC1C=CCC1)N1CCCC1c1ccccc1. The van der Waals surface area contributed by atoms with Crippen molar-refractivity contribution >= 4 is 5.91 Å². The zero-order valence-corrected chi connectivity index (χ0v) is 11.3. The van der Waals surface area contributed by atoms with Gasteiger partial charge in [0.05, 0.1) is 6.04 Å². The van der Waals surface area contributed by atoms with Gasteiger partial charge in [0.1, 0.15) is 0 Å². The maximum atomic E-state index is 12.5. The second kappa shape index (κ2) is 5.60. The Morgan fingerprint density at radius 1 is 1.21 bits per heavy atom. The standard InChI is InChI=1S/C17H21NO/c19-17(13-14-7-4-5-8-14)18-12-6-11-16(18)15-9-2-1-3-10-15/h1-4,7,9-10,14,16H,5-6,8,11-13H2. The molecule has 0 bridgehead atoms. The van der Waals surface area contributed by atoms with E-state index >= 15 is 0 Å². The van der Waals surface area contributed by atoms with Crippen molar-refractivity contribution in [3.63, 3.8) is 0 Å². The lowest BCUT2D eigenvalue weighted by atomic mass is 10.0. The van der Waals surface area contributed by atoms with Gasteiger partial charge in [0, 0.05) is 13.0 Å². The molecule has 2 atom stereocenters. The molecule has 100 valence electrons. The van der Waals surface area contributed by atoms with Crippen molar-refractivity contribution in [2.24, 2.45) is 5.92 Å². The van der Waals surface area contributed by atoms with Crippen molar-refractivity contribution in [1.29, 1.82) is 0 Å². The zero-order chi connectivity index (χ0) is 13.1. The lowest BCUT2D eigenvalue weighted by molar-refractivity contribution is -0.132. The van der Waals surface area contributed by atoms with Crippen molar-refractivity contribution in [3.8, 4) is 0 Å². The van der Waals surface area contributed by atoms with E-state index in [2.05, 4.69) is 41.3 Å². The average molecular weight is 255 g/mol. The molecule has 1 fully saturated rings. The summed E-state index contributed by atoms with van der Waals surface area (Å²) in [7, 11) is 0. The molecule has 1 heterocycles. The quantitative estimate of drug-likeness (QED) is 0.754. The van der Waals surface area contributed by atoms with Crippen LogP contribution in [0.2, 0.25) is 0 Å². The number of rotatable bonds is 3. The largest absolute Gasteiger partial charge is 0.336 e. The third-order valence-corrected chi connectivity index (χ3v) is 4.31. The lowest BCUT2D eigenvalue weighted by Crippen LogP contribution is -2.31. The lowest BCUT2D eigenvalue weighted by Gasteiger charge is -2.26. The van der Waals surface area contributed by atoms with Crippen LogP contribution in [-0.4, -0.2) is 17.4 Å². The van der Waals surface area contributed by atoms with Crippen LogP contribution in [0.25, 0.3) is 0 Å². The van der Waals surface area contributed by atoms with Gasteiger partial charge in [-0.3, -0.25) is 4.79 Å². The van der Waals surface area contributed by atoms with E-state index in [4.69, 9.17) is 0 Å². The van der Waals surface area contributed by atoms with Crippen molar-refractivity contribution in [3.05, 3.63) is 48.0 Å². The number of amides is 1. The molecule has 1 aliphatic carbocycles. The van der Waals surface area contributed by atoms with Gasteiger partial charge in [0.2, 0.25) is 5.91 Å². The van der Waals surface area contributed by atoms with E-state index in [1.54, 1.807) is 0 Å². The number of hydrogen-bond donors (Lipinski definition) is 0. The molecule has 1 aromatic carbocycles. The first kappa shape index (κ1) is 12.5. The number of likely N-dealkylation sites (tertiary alicyclic amines) is 1. The second-order valence-corrected chi connectivity index (χ2v) is 5.63. The highest BCUT2D eigenvalue weighted by Gasteiger charge is 2.30. The Hall–Kier alpha value is -1.57. The molecule has 1 aromatic rings. The number of benzene rings is 1. The smallest absolute Gasteiger partial charge is 0.223 e. The van der Waals surface area contributed by atoms with Crippen LogP contribution in [0.5, 0.6) is 0 Å². The summed E-state index contributed by atoms with van der Waals surface area (Å²) < 4.78 is 0. The Balaban J connectivity index is 1.69. The van der Waals surface area contributed by atoms with Crippen molar-refractivity contribution in [1.82, 2.24) is 4.90 Å². The third kappa shape index (κ3) is 2.73. The fraction of sp³-hybridized carbons (Fsp3) is 0.471. The molecule has 2 nitrogen and oxygen atoms in total. The molecule has 0 saturated carbocycles. The van der Waals surface area contributed by atoms with E-state index in [9.17, 15) is 4.79 Å². The van der Waals surface area contributed by atoms with Crippen molar-refractivity contribution in [2.45, 2.75) is 38.1 Å². The molecular weight excluding hydrogens is 234 g/mol. The van der Waals surface area contributed by atoms with Crippen LogP contribution < -0.4 is 0 Å². The van der Waals surface area contributed by atoms with Crippen LogP contribution in [0.1, 0.15) is 43.7 Å². The molecule has 0 radical (unpaired) electrons. The Bertz CT molecular complexity index is 465. The first-order valence-electron chi connectivity index (χ1n) is 7.35.